The monoisotopic (exact) mass is 340 g/mol. The van der Waals surface area contributed by atoms with Crippen LogP contribution in [0, 0.1) is 5.92 Å². The quantitative estimate of drug-likeness (QED) is 0.501. The Kier molecular flexibility index (Phi) is 11.8. The van der Waals surface area contributed by atoms with Crippen molar-refractivity contribution >= 4 is 11.8 Å². The van der Waals surface area contributed by atoms with Gasteiger partial charge in [-0.3, -0.25) is 9.59 Å². The van der Waals surface area contributed by atoms with E-state index in [9.17, 15) is 9.59 Å². The molecule has 0 spiro atoms. The molecule has 0 aromatic heterocycles. The Morgan fingerprint density at radius 1 is 0.958 bits per heavy atom. The van der Waals surface area contributed by atoms with Crippen LogP contribution in [0.4, 0.5) is 0 Å². The van der Waals surface area contributed by atoms with Crippen LogP contribution >= 0.6 is 0 Å². The van der Waals surface area contributed by atoms with Crippen LogP contribution in [0.15, 0.2) is 25.3 Å². The van der Waals surface area contributed by atoms with Crippen molar-refractivity contribution in [2.24, 2.45) is 5.92 Å². The van der Waals surface area contributed by atoms with E-state index in [-0.39, 0.29) is 17.9 Å². The maximum atomic E-state index is 12.1. The molecular weight excluding hydrogens is 308 g/mol. The second kappa shape index (κ2) is 12.7. The van der Waals surface area contributed by atoms with E-state index in [2.05, 4.69) is 37.6 Å². The third-order valence-corrected chi connectivity index (χ3v) is 3.29. The normalized spacial score (nSPS) is 14.5. The van der Waals surface area contributed by atoms with Gasteiger partial charge < -0.3 is 20.1 Å². The lowest BCUT2D eigenvalue weighted by Gasteiger charge is -2.23. The largest absolute Gasteiger partial charge is 0.365 e. The molecule has 6 heteroatoms. The summed E-state index contributed by atoms with van der Waals surface area (Å²) in [5.41, 5.74) is 0. The Morgan fingerprint density at radius 2 is 1.46 bits per heavy atom. The Bertz CT molecular complexity index is 410. The molecule has 0 radical (unpaired) electrons. The minimum Gasteiger partial charge on any atom is -0.365 e. The van der Waals surface area contributed by atoms with Gasteiger partial charge in [-0.1, -0.05) is 26.0 Å². The fourth-order valence-electron chi connectivity index (χ4n) is 2.02. The molecule has 2 amide bonds. The van der Waals surface area contributed by atoms with Gasteiger partial charge in [-0.15, -0.1) is 13.2 Å². The van der Waals surface area contributed by atoms with Crippen LogP contribution in [0.3, 0.4) is 0 Å². The molecule has 0 fully saturated rings. The van der Waals surface area contributed by atoms with Crippen LogP contribution in [0.1, 0.15) is 34.1 Å². The maximum Gasteiger partial charge on any atom is 0.249 e. The first kappa shape index (κ1) is 22.3. The zero-order chi connectivity index (χ0) is 18.5. The number of carbonyl (C=O) groups excluding carboxylic acids is 2. The van der Waals surface area contributed by atoms with Gasteiger partial charge in [0.25, 0.3) is 0 Å². The molecular formula is C18H32N2O4. The molecule has 24 heavy (non-hydrogen) atoms. The smallest absolute Gasteiger partial charge is 0.249 e. The summed E-state index contributed by atoms with van der Waals surface area (Å²) >= 11 is 0. The summed E-state index contributed by atoms with van der Waals surface area (Å²) in [6.07, 6.45) is 2.81. The average Bonchev–Trinajstić information content (AvgIpc) is 2.54. The molecule has 0 aliphatic rings. The van der Waals surface area contributed by atoms with Crippen molar-refractivity contribution < 1.29 is 19.1 Å². The minimum atomic E-state index is -0.566. The van der Waals surface area contributed by atoms with Crippen molar-refractivity contribution in [1.29, 1.82) is 0 Å². The number of amides is 2. The van der Waals surface area contributed by atoms with Crippen molar-refractivity contribution in [3.8, 4) is 0 Å². The molecule has 0 aromatic carbocycles. The number of hydrogen-bond donors (Lipinski definition) is 2. The van der Waals surface area contributed by atoms with Gasteiger partial charge in [0.05, 0.1) is 13.2 Å². The fourth-order valence-corrected chi connectivity index (χ4v) is 2.02. The first-order chi connectivity index (χ1) is 11.3. The van der Waals surface area contributed by atoms with Gasteiger partial charge in [-0.05, 0) is 26.2 Å². The predicted octanol–water partition coefficient (Wildman–Crippen LogP) is 1.82. The van der Waals surface area contributed by atoms with Crippen LogP contribution in [-0.2, 0) is 19.1 Å². The second-order valence-corrected chi connectivity index (χ2v) is 6.11. The summed E-state index contributed by atoms with van der Waals surface area (Å²) in [7, 11) is 0. The van der Waals surface area contributed by atoms with E-state index in [0.717, 1.165) is 6.42 Å². The lowest BCUT2D eigenvalue weighted by Crippen LogP contribution is -2.49. The predicted molar refractivity (Wildman–Crippen MR) is 95.6 cm³/mol. The van der Waals surface area contributed by atoms with Gasteiger partial charge >= 0.3 is 0 Å². The lowest BCUT2D eigenvalue weighted by atomic mass is 10.0. The van der Waals surface area contributed by atoms with Crippen molar-refractivity contribution in [3.63, 3.8) is 0 Å². The molecule has 0 aliphatic heterocycles. The summed E-state index contributed by atoms with van der Waals surface area (Å²) < 4.78 is 10.6. The number of carbonyl (C=O) groups is 2. The molecule has 0 bridgehead atoms. The third-order valence-electron chi connectivity index (χ3n) is 3.29. The maximum absolute atomic E-state index is 12.1. The minimum absolute atomic E-state index is 0.164. The first-order valence-corrected chi connectivity index (χ1v) is 8.34. The van der Waals surface area contributed by atoms with Gasteiger partial charge in [0.2, 0.25) is 11.8 Å². The van der Waals surface area contributed by atoms with Crippen LogP contribution < -0.4 is 10.6 Å². The van der Waals surface area contributed by atoms with Gasteiger partial charge in [-0.25, -0.2) is 0 Å². The van der Waals surface area contributed by atoms with Crippen molar-refractivity contribution in [2.75, 3.05) is 19.8 Å². The van der Waals surface area contributed by atoms with Crippen molar-refractivity contribution in [2.45, 2.75) is 52.4 Å². The van der Waals surface area contributed by atoms with E-state index in [0.29, 0.717) is 25.7 Å². The number of rotatable bonds is 13. The van der Waals surface area contributed by atoms with Crippen LogP contribution in [0.5, 0.6) is 0 Å². The highest BCUT2D eigenvalue weighted by Crippen LogP contribution is 2.05. The molecule has 2 N–H and O–H groups in total. The summed E-state index contributed by atoms with van der Waals surface area (Å²) in [5, 5.41) is 5.74. The third kappa shape index (κ3) is 10.2. The van der Waals surface area contributed by atoms with Gasteiger partial charge in [0.15, 0.2) is 0 Å². The molecule has 0 rings (SSSR count). The first-order valence-electron chi connectivity index (χ1n) is 8.34. The van der Waals surface area contributed by atoms with Crippen molar-refractivity contribution in [3.05, 3.63) is 25.3 Å². The molecule has 3 atom stereocenters. The lowest BCUT2D eigenvalue weighted by molar-refractivity contribution is -0.133. The molecule has 6 nitrogen and oxygen atoms in total. The van der Waals surface area contributed by atoms with E-state index >= 15 is 0 Å². The summed E-state index contributed by atoms with van der Waals surface area (Å²) in [6.45, 7) is 15.6. The highest BCUT2D eigenvalue weighted by Gasteiger charge is 2.20. The molecule has 0 aliphatic carbocycles. The molecule has 0 unspecified atom stereocenters. The topological polar surface area (TPSA) is 76.7 Å². The molecule has 0 aromatic rings. The van der Waals surface area contributed by atoms with E-state index in [1.54, 1.807) is 26.0 Å². The molecule has 0 saturated carbocycles. The van der Waals surface area contributed by atoms with E-state index in [4.69, 9.17) is 9.47 Å². The summed E-state index contributed by atoms with van der Waals surface area (Å²) in [6, 6.07) is -0.164. The molecule has 138 valence electrons. The van der Waals surface area contributed by atoms with Crippen molar-refractivity contribution in [1.82, 2.24) is 10.6 Å². The van der Waals surface area contributed by atoms with Crippen LogP contribution in [-0.4, -0.2) is 49.8 Å². The highest BCUT2D eigenvalue weighted by molar-refractivity contribution is 5.81. The van der Waals surface area contributed by atoms with Crippen LogP contribution in [0.2, 0.25) is 0 Å². The Morgan fingerprint density at radius 3 is 1.92 bits per heavy atom. The Balaban J connectivity index is 4.49. The number of nitrogens with one attached hydrogen (secondary N) is 2. The standard InChI is InChI=1S/C18H32N2O4/c1-7-9-23-14(5)17(21)19-12-16(11-13(3)4)20-18(22)15(6)24-10-8-2/h7-8,13-16H,1-2,9-12H2,3-6H3,(H,19,21)(H,20,22)/t14-,15+,16-/m1/s1. The number of ether oxygens (including phenoxy) is 2. The SMILES string of the molecule is C=CCO[C@@H](C)C(=O)N[C@@H](CNC(=O)[C@@H](C)OCC=C)CC(C)C. The number of hydrogen-bond acceptors (Lipinski definition) is 4. The Labute approximate surface area is 145 Å². The van der Waals surface area contributed by atoms with E-state index in [1.807, 2.05) is 0 Å². The highest BCUT2D eigenvalue weighted by atomic mass is 16.5. The molecule has 0 heterocycles. The zero-order valence-electron chi connectivity index (χ0n) is 15.3. The van der Waals surface area contributed by atoms with Crippen LogP contribution in [0.25, 0.3) is 0 Å². The van der Waals surface area contributed by atoms with E-state index in [1.165, 1.54) is 0 Å². The molecule has 0 saturated heterocycles. The summed E-state index contributed by atoms with van der Waals surface area (Å²) in [4.78, 5) is 24.1. The second-order valence-electron chi connectivity index (χ2n) is 6.11. The van der Waals surface area contributed by atoms with Gasteiger partial charge in [0, 0.05) is 12.6 Å². The Hall–Kier alpha value is -1.66. The van der Waals surface area contributed by atoms with Gasteiger partial charge in [-0.2, -0.15) is 0 Å². The van der Waals surface area contributed by atoms with E-state index < -0.39 is 12.2 Å². The summed E-state index contributed by atoms with van der Waals surface area (Å²) in [5.74, 6) is -0.0328. The zero-order valence-corrected chi connectivity index (χ0v) is 15.3. The average molecular weight is 340 g/mol. The fraction of sp³-hybridized carbons (Fsp3) is 0.667. The van der Waals surface area contributed by atoms with Gasteiger partial charge in [0.1, 0.15) is 12.2 Å².